The van der Waals surface area contributed by atoms with Crippen molar-refractivity contribution >= 4 is 23.0 Å². The van der Waals surface area contributed by atoms with Gasteiger partial charge in [0.25, 0.3) is 0 Å². The van der Waals surface area contributed by atoms with Crippen molar-refractivity contribution < 1.29 is 17.9 Å². The van der Waals surface area contributed by atoms with Gasteiger partial charge in [-0.25, -0.2) is 9.67 Å². The molecule has 0 saturated carbocycles. The Morgan fingerprint density at radius 3 is 2.42 bits per heavy atom. The number of aromatic nitrogens is 3. The second-order valence-electron chi connectivity index (χ2n) is 7.81. The van der Waals surface area contributed by atoms with E-state index in [0.29, 0.717) is 16.6 Å². The van der Waals surface area contributed by atoms with Crippen molar-refractivity contribution in [2.24, 2.45) is 5.73 Å². The maximum atomic E-state index is 12.2. The van der Waals surface area contributed by atoms with E-state index in [0.717, 1.165) is 29.7 Å². The lowest BCUT2D eigenvalue weighted by Crippen LogP contribution is -2.19. The van der Waals surface area contributed by atoms with Gasteiger partial charge in [-0.15, -0.1) is 18.3 Å². The number of alkyl halides is 3. The van der Waals surface area contributed by atoms with Gasteiger partial charge in [-0.2, -0.15) is 0 Å². The second-order valence-corrected chi connectivity index (χ2v) is 8.25. The van der Waals surface area contributed by atoms with E-state index in [4.69, 9.17) is 18.0 Å². The quantitative estimate of drug-likeness (QED) is 0.289. The minimum absolute atomic E-state index is 0.274. The normalized spacial score (nSPS) is 10.8. The summed E-state index contributed by atoms with van der Waals surface area (Å²) in [5.41, 5.74) is 10.1. The molecule has 10 heteroatoms. The first-order chi connectivity index (χ1) is 17.1. The molecule has 36 heavy (non-hydrogen) atoms. The molecule has 0 aliphatic heterocycles. The summed E-state index contributed by atoms with van der Waals surface area (Å²) in [4.78, 5) is 4.29. The average Bonchev–Trinajstić information content (AvgIpc) is 3.31. The lowest BCUT2D eigenvalue weighted by Gasteiger charge is -2.09. The topological polar surface area (TPSA) is 78.0 Å². The summed E-state index contributed by atoms with van der Waals surface area (Å²) < 4.78 is 42.0. The molecule has 0 saturated heterocycles. The van der Waals surface area contributed by atoms with Gasteiger partial charge in [0, 0.05) is 11.3 Å². The van der Waals surface area contributed by atoms with Gasteiger partial charge in [0.1, 0.15) is 12.1 Å². The lowest BCUT2D eigenvalue weighted by molar-refractivity contribution is -0.274. The van der Waals surface area contributed by atoms with Crippen molar-refractivity contribution in [3.8, 4) is 22.8 Å². The maximum absolute atomic E-state index is 12.2. The third-order valence-corrected chi connectivity index (χ3v) is 5.06. The zero-order valence-corrected chi connectivity index (χ0v) is 20.6. The van der Waals surface area contributed by atoms with E-state index in [1.807, 2.05) is 49.4 Å². The van der Waals surface area contributed by atoms with E-state index in [2.05, 4.69) is 33.1 Å². The third kappa shape index (κ3) is 8.09. The Morgan fingerprint density at radius 2 is 1.78 bits per heavy atom. The number of nitrogens with two attached hydrogens (primary N) is 1. The van der Waals surface area contributed by atoms with Crippen LogP contribution in [-0.4, -0.2) is 26.2 Å². The Labute approximate surface area is 212 Å². The van der Waals surface area contributed by atoms with Gasteiger partial charge in [0.05, 0.1) is 5.69 Å². The molecule has 1 aromatic heterocycles. The number of aryl methyl sites for hydroxylation is 2. The highest BCUT2D eigenvalue weighted by atomic mass is 32.1. The molecule has 0 aliphatic carbocycles. The summed E-state index contributed by atoms with van der Waals surface area (Å²) >= 11 is 4.70. The number of rotatable bonds is 6. The molecule has 4 aromatic rings. The maximum Gasteiger partial charge on any atom is 0.573 e. The molecule has 0 fully saturated rings. The zero-order valence-electron chi connectivity index (χ0n) is 19.8. The van der Waals surface area contributed by atoms with Gasteiger partial charge < -0.3 is 15.8 Å². The summed E-state index contributed by atoms with van der Waals surface area (Å²) in [6.45, 7) is 4.12. The number of anilines is 1. The van der Waals surface area contributed by atoms with Gasteiger partial charge >= 0.3 is 6.36 Å². The van der Waals surface area contributed by atoms with Crippen LogP contribution in [0.25, 0.3) is 17.1 Å². The number of hydrogen-bond acceptors (Lipinski definition) is 4. The Hall–Kier alpha value is -3.92. The van der Waals surface area contributed by atoms with Gasteiger partial charge in [-0.1, -0.05) is 49.7 Å². The molecule has 0 spiro atoms. The minimum atomic E-state index is -4.70. The van der Waals surface area contributed by atoms with Gasteiger partial charge in [-0.05, 0) is 73.1 Å². The fourth-order valence-electron chi connectivity index (χ4n) is 3.32. The number of halogens is 3. The molecule has 0 amide bonds. The number of hydrogen-bond donors (Lipinski definition) is 2. The Balaban J connectivity index is 0.000000275. The Morgan fingerprint density at radius 1 is 1.06 bits per heavy atom. The molecule has 1 heterocycles. The van der Waals surface area contributed by atoms with E-state index >= 15 is 0 Å². The first-order valence-corrected chi connectivity index (χ1v) is 11.5. The Bertz CT molecular complexity index is 1290. The van der Waals surface area contributed by atoms with Crippen molar-refractivity contribution in [3.05, 3.63) is 90.3 Å². The SMILES string of the molecule is CCCc1cccc(-c2ncn(-c3ccc(OC(F)(F)F)cc3)n2)c1.Cc1ccccc1NC(N)=S. The van der Waals surface area contributed by atoms with Crippen LogP contribution in [-0.2, 0) is 6.42 Å². The van der Waals surface area contributed by atoms with E-state index in [1.165, 1.54) is 40.8 Å². The summed E-state index contributed by atoms with van der Waals surface area (Å²) in [5, 5.41) is 7.59. The predicted molar refractivity (Wildman–Crippen MR) is 139 cm³/mol. The van der Waals surface area contributed by atoms with Crippen molar-refractivity contribution in [2.45, 2.75) is 33.1 Å². The fraction of sp³-hybridized carbons (Fsp3) is 0.192. The number of benzene rings is 3. The first-order valence-electron chi connectivity index (χ1n) is 11.1. The van der Waals surface area contributed by atoms with Crippen molar-refractivity contribution in [2.75, 3.05) is 5.32 Å². The van der Waals surface area contributed by atoms with Crippen LogP contribution in [0, 0.1) is 6.92 Å². The molecule has 4 rings (SSSR count). The molecule has 0 atom stereocenters. The number of ether oxygens (including phenoxy) is 1. The molecule has 6 nitrogen and oxygen atoms in total. The third-order valence-electron chi connectivity index (χ3n) is 4.95. The molecule has 3 N–H and O–H groups in total. The molecule has 3 aromatic carbocycles. The van der Waals surface area contributed by atoms with Crippen LogP contribution in [0.4, 0.5) is 18.9 Å². The van der Waals surface area contributed by atoms with Gasteiger partial charge in [-0.3, -0.25) is 0 Å². The van der Waals surface area contributed by atoms with Crippen molar-refractivity contribution in [1.29, 1.82) is 0 Å². The highest BCUT2D eigenvalue weighted by Gasteiger charge is 2.31. The molecular weight excluding hydrogens is 487 g/mol. The monoisotopic (exact) mass is 513 g/mol. The smallest absolute Gasteiger partial charge is 0.406 e. The predicted octanol–water partition coefficient (Wildman–Crippen LogP) is 6.44. The number of nitrogens with zero attached hydrogens (tertiary/aromatic N) is 3. The van der Waals surface area contributed by atoms with Gasteiger partial charge in [0.2, 0.25) is 0 Å². The van der Waals surface area contributed by atoms with E-state index in [9.17, 15) is 13.2 Å². The fourth-order valence-corrected chi connectivity index (χ4v) is 3.43. The molecule has 0 unspecified atom stereocenters. The van der Waals surface area contributed by atoms with Crippen LogP contribution in [0.1, 0.15) is 24.5 Å². The minimum Gasteiger partial charge on any atom is -0.406 e. The summed E-state index contributed by atoms with van der Waals surface area (Å²) in [7, 11) is 0. The molecule has 0 aliphatic rings. The van der Waals surface area contributed by atoms with Crippen molar-refractivity contribution in [1.82, 2.24) is 14.8 Å². The number of thiocarbonyl (C=S) groups is 1. The Kier molecular flexibility index (Phi) is 9.02. The van der Waals surface area contributed by atoms with E-state index in [-0.39, 0.29) is 5.75 Å². The van der Waals surface area contributed by atoms with Crippen LogP contribution in [0.15, 0.2) is 79.1 Å². The summed E-state index contributed by atoms with van der Waals surface area (Å²) in [6.07, 6.45) is -1.14. The average molecular weight is 514 g/mol. The lowest BCUT2D eigenvalue weighted by atomic mass is 10.1. The zero-order chi connectivity index (χ0) is 26.1. The highest BCUT2D eigenvalue weighted by molar-refractivity contribution is 7.80. The molecule has 188 valence electrons. The van der Waals surface area contributed by atoms with E-state index in [1.54, 1.807) is 0 Å². The van der Waals surface area contributed by atoms with Crippen molar-refractivity contribution in [3.63, 3.8) is 0 Å². The highest BCUT2D eigenvalue weighted by Crippen LogP contribution is 2.24. The van der Waals surface area contributed by atoms with Crippen LogP contribution >= 0.6 is 12.2 Å². The van der Waals surface area contributed by atoms with E-state index < -0.39 is 6.36 Å². The van der Waals surface area contributed by atoms with Gasteiger partial charge in [0.15, 0.2) is 10.9 Å². The number of para-hydroxylation sites is 1. The van der Waals surface area contributed by atoms with Crippen LogP contribution in [0.3, 0.4) is 0 Å². The second kappa shape index (κ2) is 12.2. The first kappa shape index (κ1) is 26.7. The largest absolute Gasteiger partial charge is 0.573 e. The molecular formula is C26H26F3N5OS. The standard InChI is InChI=1S/C18H16F3N3O.C8H10N2S/c1-2-4-13-5-3-6-14(11-13)17-22-12-24(23-17)15-7-9-16(10-8-15)25-18(19,20)21;1-6-4-2-3-5-7(6)10-8(9)11/h3,5-12H,2,4H2,1H3;2-5H,1H3,(H3,9,10,11). The summed E-state index contributed by atoms with van der Waals surface area (Å²) in [6, 6.07) is 21.3. The summed E-state index contributed by atoms with van der Waals surface area (Å²) in [5.74, 6) is 0.289. The molecule has 0 radical (unpaired) electrons. The van der Waals surface area contributed by atoms with Crippen LogP contribution in [0.2, 0.25) is 0 Å². The van der Waals surface area contributed by atoms with Crippen LogP contribution < -0.4 is 15.8 Å². The number of nitrogens with one attached hydrogen (secondary N) is 1. The van der Waals surface area contributed by atoms with Crippen LogP contribution in [0.5, 0.6) is 5.75 Å². The molecule has 0 bridgehead atoms.